The van der Waals surface area contributed by atoms with Gasteiger partial charge in [-0.05, 0) is 60.2 Å². The van der Waals surface area contributed by atoms with Gasteiger partial charge in [-0.1, -0.05) is 28.1 Å². The normalized spacial score (nSPS) is 11.0. The maximum Gasteiger partial charge on any atom is 0.268 e. The second-order valence-corrected chi connectivity index (χ2v) is 6.97. The number of carbonyl (C=O) groups is 2. The number of furan rings is 1. The first-order valence-corrected chi connectivity index (χ1v) is 9.57. The Bertz CT molecular complexity index is 994. The van der Waals surface area contributed by atoms with Gasteiger partial charge in [-0.25, -0.2) is 0 Å². The summed E-state index contributed by atoms with van der Waals surface area (Å²) in [6, 6.07) is 17.5. The molecular formula is C22H19BrN2O4. The molecule has 2 amide bonds. The molecule has 0 unspecified atom stereocenters. The fraction of sp³-hybridized carbons (Fsp3) is 0.0909. The van der Waals surface area contributed by atoms with E-state index in [1.54, 1.807) is 73.8 Å². The van der Waals surface area contributed by atoms with Gasteiger partial charge in [0.1, 0.15) is 17.2 Å². The van der Waals surface area contributed by atoms with Crippen molar-refractivity contribution in [2.24, 2.45) is 0 Å². The number of benzene rings is 2. The fourth-order valence-corrected chi connectivity index (χ4v) is 2.76. The van der Waals surface area contributed by atoms with Gasteiger partial charge in [0.15, 0.2) is 0 Å². The van der Waals surface area contributed by atoms with Crippen LogP contribution in [0.5, 0.6) is 5.75 Å². The van der Waals surface area contributed by atoms with Crippen molar-refractivity contribution < 1.29 is 18.7 Å². The molecule has 1 heterocycles. The summed E-state index contributed by atoms with van der Waals surface area (Å²) < 4.78 is 11.2. The van der Waals surface area contributed by atoms with Crippen LogP contribution in [0.15, 0.2) is 81.5 Å². The molecule has 0 bridgehead atoms. The summed E-state index contributed by atoms with van der Waals surface area (Å²) in [5, 5.41) is 5.44. The van der Waals surface area contributed by atoms with Gasteiger partial charge in [0.25, 0.3) is 11.8 Å². The minimum absolute atomic E-state index is 0.120. The highest BCUT2D eigenvalue weighted by molar-refractivity contribution is 9.10. The Morgan fingerprint density at radius 2 is 1.79 bits per heavy atom. The lowest BCUT2D eigenvalue weighted by atomic mass is 10.1. The highest BCUT2D eigenvalue weighted by Gasteiger charge is 2.15. The van der Waals surface area contributed by atoms with E-state index in [9.17, 15) is 9.59 Å². The second kappa shape index (κ2) is 9.75. The Hall–Kier alpha value is -3.32. The van der Waals surface area contributed by atoms with E-state index in [0.717, 1.165) is 10.0 Å². The van der Waals surface area contributed by atoms with E-state index in [4.69, 9.17) is 9.15 Å². The van der Waals surface area contributed by atoms with Gasteiger partial charge in [-0.3, -0.25) is 9.59 Å². The zero-order valence-electron chi connectivity index (χ0n) is 15.6. The number of amides is 2. The molecular weight excluding hydrogens is 436 g/mol. The first kappa shape index (κ1) is 20.4. The first-order chi connectivity index (χ1) is 14.0. The average Bonchev–Trinajstić information content (AvgIpc) is 3.26. The van der Waals surface area contributed by atoms with Crippen LogP contribution >= 0.6 is 15.9 Å². The Labute approximate surface area is 176 Å². The molecule has 0 saturated carbocycles. The number of ether oxygens (including phenoxy) is 1. The van der Waals surface area contributed by atoms with Crippen LogP contribution in [-0.4, -0.2) is 18.9 Å². The number of methoxy groups -OCH3 is 1. The molecule has 7 heteroatoms. The number of halogens is 1. The predicted molar refractivity (Wildman–Crippen MR) is 113 cm³/mol. The van der Waals surface area contributed by atoms with Crippen LogP contribution in [0.1, 0.15) is 21.7 Å². The van der Waals surface area contributed by atoms with Gasteiger partial charge in [0, 0.05) is 10.0 Å². The molecule has 1 aromatic heterocycles. The molecule has 0 aliphatic heterocycles. The van der Waals surface area contributed by atoms with Crippen LogP contribution in [0.3, 0.4) is 0 Å². The molecule has 0 aliphatic carbocycles. The lowest BCUT2D eigenvalue weighted by molar-refractivity contribution is -0.118. The minimum Gasteiger partial charge on any atom is -0.497 e. The molecule has 0 atom stereocenters. The molecule has 0 fully saturated rings. The Morgan fingerprint density at radius 1 is 1.07 bits per heavy atom. The van der Waals surface area contributed by atoms with Crippen molar-refractivity contribution in [1.29, 1.82) is 0 Å². The topological polar surface area (TPSA) is 80.6 Å². The molecule has 29 heavy (non-hydrogen) atoms. The van der Waals surface area contributed by atoms with E-state index >= 15 is 0 Å². The van der Waals surface area contributed by atoms with Crippen LogP contribution in [0.25, 0.3) is 6.08 Å². The Balaban J connectivity index is 1.80. The molecule has 0 spiro atoms. The van der Waals surface area contributed by atoms with Crippen molar-refractivity contribution in [2.45, 2.75) is 6.54 Å². The first-order valence-electron chi connectivity index (χ1n) is 8.78. The van der Waals surface area contributed by atoms with Gasteiger partial charge in [0.2, 0.25) is 0 Å². The summed E-state index contributed by atoms with van der Waals surface area (Å²) in [6.07, 6.45) is 3.14. The van der Waals surface area contributed by atoms with Crippen LogP contribution in [0.2, 0.25) is 0 Å². The molecule has 2 N–H and O–H groups in total. The van der Waals surface area contributed by atoms with Crippen molar-refractivity contribution in [3.63, 3.8) is 0 Å². The third-order valence-electron chi connectivity index (χ3n) is 4.03. The smallest absolute Gasteiger partial charge is 0.268 e. The third-order valence-corrected chi connectivity index (χ3v) is 4.56. The summed E-state index contributed by atoms with van der Waals surface area (Å²) in [5.74, 6) is 0.499. The van der Waals surface area contributed by atoms with Crippen LogP contribution in [0.4, 0.5) is 0 Å². The number of nitrogens with one attached hydrogen (secondary N) is 2. The maximum absolute atomic E-state index is 12.7. The predicted octanol–water partition coefficient (Wildman–Crippen LogP) is 4.14. The van der Waals surface area contributed by atoms with Crippen molar-refractivity contribution in [3.8, 4) is 5.75 Å². The molecule has 0 aliphatic rings. The van der Waals surface area contributed by atoms with Gasteiger partial charge in [0.05, 0.1) is 19.9 Å². The summed E-state index contributed by atoms with van der Waals surface area (Å²) in [4.78, 5) is 25.3. The zero-order valence-corrected chi connectivity index (χ0v) is 17.2. The molecule has 0 radical (unpaired) electrons. The SMILES string of the molecule is COc1ccc(/C=C(\NC(=O)c2ccc(Br)cc2)C(=O)NCc2ccco2)cc1. The summed E-state index contributed by atoms with van der Waals surface area (Å²) in [7, 11) is 1.58. The lowest BCUT2D eigenvalue weighted by Gasteiger charge is -2.11. The van der Waals surface area contributed by atoms with Crippen molar-refractivity contribution >= 4 is 33.8 Å². The van der Waals surface area contributed by atoms with Crippen LogP contribution in [0, 0.1) is 0 Å². The van der Waals surface area contributed by atoms with Crippen molar-refractivity contribution in [2.75, 3.05) is 7.11 Å². The highest BCUT2D eigenvalue weighted by atomic mass is 79.9. The van der Waals surface area contributed by atoms with E-state index < -0.39 is 5.91 Å². The molecule has 3 aromatic rings. The molecule has 0 saturated heterocycles. The van der Waals surface area contributed by atoms with Crippen LogP contribution in [-0.2, 0) is 11.3 Å². The zero-order chi connectivity index (χ0) is 20.6. The Kier molecular flexibility index (Phi) is 6.86. The van der Waals surface area contributed by atoms with Gasteiger partial charge >= 0.3 is 0 Å². The highest BCUT2D eigenvalue weighted by Crippen LogP contribution is 2.15. The van der Waals surface area contributed by atoms with Crippen LogP contribution < -0.4 is 15.4 Å². The monoisotopic (exact) mass is 454 g/mol. The van der Waals surface area contributed by atoms with Gasteiger partial charge in [-0.2, -0.15) is 0 Å². The number of hydrogen-bond donors (Lipinski definition) is 2. The number of carbonyl (C=O) groups excluding carboxylic acids is 2. The number of rotatable bonds is 7. The van der Waals surface area contributed by atoms with E-state index in [0.29, 0.717) is 17.1 Å². The standard InChI is InChI=1S/C22H19BrN2O4/c1-28-18-10-4-15(5-11-18)13-20(22(27)24-14-19-3-2-12-29-19)25-21(26)16-6-8-17(23)9-7-16/h2-13H,14H2,1H3,(H,24,27)(H,25,26)/b20-13-. The van der Waals surface area contributed by atoms with E-state index in [-0.39, 0.29) is 18.1 Å². The van der Waals surface area contributed by atoms with E-state index in [1.165, 1.54) is 6.26 Å². The van der Waals surface area contributed by atoms with E-state index in [2.05, 4.69) is 26.6 Å². The lowest BCUT2D eigenvalue weighted by Crippen LogP contribution is -2.34. The summed E-state index contributed by atoms with van der Waals surface area (Å²) >= 11 is 3.34. The Morgan fingerprint density at radius 3 is 2.41 bits per heavy atom. The quantitative estimate of drug-likeness (QED) is 0.525. The largest absolute Gasteiger partial charge is 0.497 e. The number of hydrogen-bond acceptors (Lipinski definition) is 4. The molecule has 2 aromatic carbocycles. The summed E-state index contributed by atoms with van der Waals surface area (Å²) in [6.45, 7) is 0.208. The van der Waals surface area contributed by atoms with E-state index in [1.807, 2.05) is 0 Å². The van der Waals surface area contributed by atoms with Gasteiger partial charge in [-0.15, -0.1) is 0 Å². The van der Waals surface area contributed by atoms with Crippen molar-refractivity contribution in [1.82, 2.24) is 10.6 Å². The van der Waals surface area contributed by atoms with Gasteiger partial charge < -0.3 is 19.8 Å². The molecule has 3 rings (SSSR count). The second-order valence-electron chi connectivity index (χ2n) is 6.05. The fourth-order valence-electron chi connectivity index (χ4n) is 2.50. The minimum atomic E-state index is -0.428. The maximum atomic E-state index is 12.7. The van der Waals surface area contributed by atoms with Crippen molar-refractivity contribution in [3.05, 3.63) is 94.0 Å². The molecule has 6 nitrogen and oxygen atoms in total. The molecule has 148 valence electrons. The average molecular weight is 455 g/mol. The summed E-state index contributed by atoms with van der Waals surface area (Å²) in [5.41, 5.74) is 1.30. The third kappa shape index (κ3) is 5.83.